The van der Waals surface area contributed by atoms with Crippen molar-refractivity contribution in [1.29, 1.82) is 0 Å². The lowest BCUT2D eigenvalue weighted by molar-refractivity contribution is -0.115. The molecule has 0 bridgehead atoms. The molecule has 0 saturated carbocycles. The quantitative estimate of drug-likeness (QED) is 0.638. The van der Waals surface area contributed by atoms with Gasteiger partial charge in [0, 0.05) is 17.8 Å². The third kappa shape index (κ3) is 3.47. The Morgan fingerprint density at radius 3 is 2.79 bits per heavy atom. The Kier molecular flexibility index (Phi) is 4.62. The summed E-state index contributed by atoms with van der Waals surface area (Å²) in [6.07, 6.45) is 3.30. The summed E-state index contributed by atoms with van der Waals surface area (Å²) < 4.78 is 0.327. The molecule has 0 aliphatic carbocycles. The van der Waals surface area contributed by atoms with Gasteiger partial charge in [0.1, 0.15) is 4.64 Å². The minimum absolute atomic E-state index is 0.161. The molecule has 1 aromatic carbocycles. The summed E-state index contributed by atoms with van der Waals surface area (Å²) in [5.41, 5.74) is 1.63. The van der Waals surface area contributed by atoms with Crippen LogP contribution in [0.1, 0.15) is 10.4 Å². The van der Waals surface area contributed by atoms with Gasteiger partial charge < -0.3 is 15.6 Å². The van der Waals surface area contributed by atoms with Crippen molar-refractivity contribution in [1.82, 2.24) is 15.3 Å². The van der Waals surface area contributed by atoms with Crippen molar-refractivity contribution in [2.75, 3.05) is 11.9 Å². The third-order valence-corrected chi connectivity index (χ3v) is 3.72. The summed E-state index contributed by atoms with van der Waals surface area (Å²) in [5.74, 6) is -0.740. The smallest absolute Gasteiger partial charge is 0.254 e. The highest BCUT2D eigenvalue weighted by Crippen LogP contribution is 2.20. The molecular formula is C17H14N4O2S. The molecule has 0 radical (unpaired) electrons. The Morgan fingerprint density at radius 1 is 1.12 bits per heavy atom. The summed E-state index contributed by atoms with van der Waals surface area (Å²) in [6, 6.07) is 12.5. The molecule has 0 spiro atoms. The van der Waals surface area contributed by atoms with Gasteiger partial charge in [-0.05, 0) is 24.3 Å². The van der Waals surface area contributed by atoms with Crippen LogP contribution in [0, 0.1) is 4.64 Å². The van der Waals surface area contributed by atoms with E-state index in [0.29, 0.717) is 21.4 Å². The molecule has 120 valence electrons. The fourth-order valence-electron chi connectivity index (χ4n) is 2.26. The first-order valence-corrected chi connectivity index (χ1v) is 7.65. The molecule has 2 aromatic heterocycles. The van der Waals surface area contributed by atoms with Gasteiger partial charge in [-0.25, -0.2) is 0 Å². The number of aromatic amines is 1. The topological polar surface area (TPSA) is 86.9 Å². The SMILES string of the molecule is O=C(CNC(=O)c1ccc[nH]c1=S)Nc1cccc2cccnc12. The lowest BCUT2D eigenvalue weighted by atomic mass is 10.2. The second kappa shape index (κ2) is 7.01. The molecule has 2 heterocycles. The van der Waals surface area contributed by atoms with E-state index in [2.05, 4.69) is 20.6 Å². The summed E-state index contributed by atoms with van der Waals surface area (Å²) >= 11 is 5.04. The summed E-state index contributed by atoms with van der Waals surface area (Å²) in [7, 11) is 0. The molecule has 0 fully saturated rings. The van der Waals surface area contributed by atoms with Crippen molar-refractivity contribution < 1.29 is 9.59 Å². The zero-order valence-electron chi connectivity index (χ0n) is 12.6. The molecule has 6 nitrogen and oxygen atoms in total. The highest BCUT2D eigenvalue weighted by molar-refractivity contribution is 7.71. The lowest BCUT2D eigenvalue weighted by Crippen LogP contribution is -2.33. The van der Waals surface area contributed by atoms with Gasteiger partial charge in [0.25, 0.3) is 5.91 Å². The molecule has 0 unspecified atom stereocenters. The van der Waals surface area contributed by atoms with Crippen LogP contribution in [0.4, 0.5) is 5.69 Å². The number of nitrogens with zero attached hydrogens (tertiary/aromatic N) is 1. The molecule has 24 heavy (non-hydrogen) atoms. The second-order valence-corrected chi connectivity index (χ2v) is 5.43. The maximum atomic E-state index is 12.1. The molecule has 3 rings (SSSR count). The number of para-hydroxylation sites is 1. The van der Waals surface area contributed by atoms with Crippen molar-refractivity contribution in [3.63, 3.8) is 0 Å². The zero-order chi connectivity index (χ0) is 16.9. The van der Waals surface area contributed by atoms with E-state index in [9.17, 15) is 9.59 Å². The predicted octanol–water partition coefficient (Wildman–Crippen LogP) is 2.66. The van der Waals surface area contributed by atoms with Crippen LogP contribution in [0.3, 0.4) is 0 Å². The number of benzene rings is 1. The van der Waals surface area contributed by atoms with Crippen LogP contribution in [-0.2, 0) is 4.79 Å². The maximum Gasteiger partial charge on any atom is 0.254 e. The largest absolute Gasteiger partial charge is 0.352 e. The molecule has 0 saturated heterocycles. The molecule has 0 aliphatic rings. The molecule has 3 N–H and O–H groups in total. The molecule has 0 aliphatic heterocycles. The van der Waals surface area contributed by atoms with Crippen molar-refractivity contribution in [2.24, 2.45) is 0 Å². The first-order chi connectivity index (χ1) is 11.6. The summed E-state index contributed by atoms with van der Waals surface area (Å²) in [5, 5.41) is 6.23. The van der Waals surface area contributed by atoms with Crippen LogP contribution in [0.2, 0.25) is 0 Å². The number of amides is 2. The number of hydrogen-bond donors (Lipinski definition) is 3. The average Bonchev–Trinajstić information content (AvgIpc) is 2.60. The van der Waals surface area contributed by atoms with Crippen molar-refractivity contribution in [3.8, 4) is 0 Å². The fourth-order valence-corrected chi connectivity index (χ4v) is 2.48. The number of pyridine rings is 2. The van der Waals surface area contributed by atoms with Crippen LogP contribution < -0.4 is 10.6 Å². The fraction of sp³-hybridized carbons (Fsp3) is 0.0588. The number of fused-ring (bicyclic) bond motifs is 1. The van der Waals surface area contributed by atoms with Gasteiger partial charge in [0.05, 0.1) is 23.3 Å². The number of anilines is 1. The van der Waals surface area contributed by atoms with Gasteiger partial charge in [0.15, 0.2) is 0 Å². The zero-order valence-corrected chi connectivity index (χ0v) is 13.4. The Labute approximate surface area is 142 Å². The monoisotopic (exact) mass is 338 g/mol. The van der Waals surface area contributed by atoms with E-state index < -0.39 is 5.91 Å². The Bertz CT molecular complexity index is 962. The highest BCUT2D eigenvalue weighted by atomic mass is 32.1. The number of H-pyrrole nitrogens is 1. The highest BCUT2D eigenvalue weighted by Gasteiger charge is 2.11. The maximum absolute atomic E-state index is 12.1. The molecule has 7 heteroatoms. The molecule has 0 atom stereocenters. The predicted molar refractivity (Wildman–Crippen MR) is 94.3 cm³/mol. The molecule has 3 aromatic rings. The van der Waals surface area contributed by atoms with E-state index in [1.165, 1.54) is 0 Å². The van der Waals surface area contributed by atoms with Crippen LogP contribution in [0.15, 0.2) is 54.9 Å². The van der Waals surface area contributed by atoms with Crippen molar-refractivity contribution in [3.05, 3.63) is 65.1 Å². The van der Waals surface area contributed by atoms with Crippen LogP contribution >= 0.6 is 12.2 Å². The minimum Gasteiger partial charge on any atom is -0.352 e. The standard InChI is InChI=1S/C17H14N4O2S/c22-14(10-20-16(23)12-6-3-9-19-17(12)24)21-13-7-1-4-11-5-2-8-18-15(11)13/h1-9H,10H2,(H,19,24)(H,20,23)(H,21,22). The number of nitrogens with one attached hydrogen (secondary N) is 3. The average molecular weight is 338 g/mol. The Morgan fingerprint density at radius 2 is 1.96 bits per heavy atom. The normalized spacial score (nSPS) is 10.3. The minimum atomic E-state index is -0.400. The van der Waals surface area contributed by atoms with E-state index >= 15 is 0 Å². The number of rotatable bonds is 4. The van der Waals surface area contributed by atoms with Crippen LogP contribution in [-0.4, -0.2) is 28.3 Å². The van der Waals surface area contributed by atoms with E-state index in [1.54, 1.807) is 30.6 Å². The lowest BCUT2D eigenvalue weighted by Gasteiger charge is -2.09. The van der Waals surface area contributed by atoms with Gasteiger partial charge in [-0.3, -0.25) is 14.6 Å². The van der Waals surface area contributed by atoms with Gasteiger partial charge in [-0.15, -0.1) is 0 Å². The van der Waals surface area contributed by atoms with Crippen LogP contribution in [0.5, 0.6) is 0 Å². The third-order valence-electron chi connectivity index (χ3n) is 3.38. The Balaban J connectivity index is 1.67. The number of carbonyl (C=O) groups excluding carboxylic acids is 2. The number of carbonyl (C=O) groups is 2. The van der Waals surface area contributed by atoms with Gasteiger partial charge in [0.2, 0.25) is 5.91 Å². The molecule has 2 amide bonds. The van der Waals surface area contributed by atoms with Crippen LogP contribution in [0.25, 0.3) is 10.9 Å². The second-order valence-electron chi connectivity index (χ2n) is 5.02. The summed E-state index contributed by atoms with van der Waals surface area (Å²) in [6.45, 7) is -0.161. The van der Waals surface area contributed by atoms with Gasteiger partial charge in [-0.1, -0.05) is 30.4 Å². The number of aromatic nitrogens is 2. The first-order valence-electron chi connectivity index (χ1n) is 7.24. The van der Waals surface area contributed by atoms with Gasteiger partial charge in [-0.2, -0.15) is 0 Å². The Hall–Kier alpha value is -3.06. The number of hydrogen-bond acceptors (Lipinski definition) is 4. The molecular weight excluding hydrogens is 324 g/mol. The first kappa shape index (κ1) is 15.8. The summed E-state index contributed by atoms with van der Waals surface area (Å²) in [4.78, 5) is 31.2. The van der Waals surface area contributed by atoms with E-state index in [1.807, 2.05) is 24.3 Å². The van der Waals surface area contributed by atoms with E-state index in [4.69, 9.17) is 12.2 Å². The van der Waals surface area contributed by atoms with E-state index in [0.717, 1.165) is 5.39 Å². The van der Waals surface area contributed by atoms with Crippen molar-refractivity contribution >= 4 is 40.6 Å². The van der Waals surface area contributed by atoms with Crippen molar-refractivity contribution in [2.45, 2.75) is 0 Å². The van der Waals surface area contributed by atoms with Gasteiger partial charge >= 0.3 is 0 Å². The van der Waals surface area contributed by atoms with E-state index in [-0.39, 0.29) is 12.5 Å².